The van der Waals surface area contributed by atoms with Gasteiger partial charge < -0.3 is 9.74 Å². The van der Waals surface area contributed by atoms with Crippen LogP contribution in [0.25, 0.3) is 0 Å². The van der Waals surface area contributed by atoms with Gasteiger partial charge in [-0.15, -0.1) is 0 Å². The van der Waals surface area contributed by atoms with Crippen LogP contribution in [0.3, 0.4) is 0 Å². The number of benzene rings is 2. The van der Waals surface area contributed by atoms with Crippen LogP contribution in [-0.2, 0) is 34.7 Å². The maximum atomic E-state index is 14.0. The molecule has 0 amide bonds. The van der Waals surface area contributed by atoms with E-state index in [1.54, 1.807) is 33.9 Å². The molecule has 2 nitrogen and oxygen atoms in total. The SMILES string of the molecule is CC(C)(C)[Si](C)(C)OC(c1cc(C(F)(F)F)cc(C(F)(F)F)c1)(c1cc(C(F)(F)F)cc(C(F)(F)F)c1)[C@@H]1CCCN1. The Morgan fingerprint density at radius 1 is 0.595 bits per heavy atom. The summed E-state index contributed by atoms with van der Waals surface area (Å²) in [5.41, 5.74) is -11.5. The molecule has 0 spiro atoms. The Kier molecular flexibility index (Phi) is 8.74. The molecule has 0 bridgehead atoms. The molecule has 0 saturated carbocycles. The highest BCUT2D eigenvalue weighted by Gasteiger charge is 2.54. The largest absolute Gasteiger partial charge is 0.416 e. The summed E-state index contributed by atoms with van der Waals surface area (Å²) in [6.45, 7) is 8.22. The van der Waals surface area contributed by atoms with Gasteiger partial charge in [-0.1, -0.05) is 20.8 Å². The third-order valence-electron chi connectivity index (χ3n) is 7.81. The second-order valence-corrected chi connectivity index (χ2v) is 16.6. The van der Waals surface area contributed by atoms with Gasteiger partial charge in [-0.3, -0.25) is 0 Å². The van der Waals surface area contributed by atoms with E-state index in [9.17, 15) is 52.7 Å². The monoisotopic (exact) mass is 639 g/mol. The highest BCUT2D eigenvalue weighted by atomic mass is 28.4. The number of rotatable bonds is 5. The molecule has 2 aromatic carbocycles. The summed E-state index contributed by atoms with van der Waals surface area (Å²) >= 11 is 0. The predicted molar refractivity (Wildman–Crippen MR) is 133 cm³/mol. The Morgan fingerprint density at radius 3 is 1.14 bits per heavy atom. The van der Waals surface area contributed by atoms with E-state index in [1.807, 2.05) is 0 Å². The van der Waals surface area contributed by atoms with Crippen molar-refractivity contribution in [2.45, 2.75) is 88.1 Å². The average Bonchev–Trinajstić information content (AvgIpc) is 3.34. The smallest absolute Gasteiger partial charge is 0.402 e. The van der Waals surface area contributed by atoms with E-state index < -0.39 is 83.1 Å². The molecule has 0 radical (unpaired) electrons. The van der Waals surface area contributed by atoms with Crippen molar-refractivity contribution in [2.75, 3.05) is 6.54 Å². The number of nitrogens with one attached hydrogen (secondary N) is 1. The standard InChI is InChI=1S/C27H29F12NOSi/c1-22(2,3)42(4,5)41-23(21-7-6-8-40-21,15-9-17(24(28,29)30)13-18(10-15)25(31,32)33)16-11-19(26(34,35)36)14-20(12-16)27(37,38)39/h9-14,21,40H,6-8H2,1-5H3/t21-/m0/s1. The van der Waals surface area contributed by atoms with Crippen LogP contribution in [-0.4, -0.2) is 20.9 Å². The van der Waals surface area contributed by atoms with Gasteiger partial charge >= 0.3 is 24.7 Å². The Hall–Kier alpha value is -2.26. The lowest BCUT2D eigenvalue weighted by Gasteiger charge is -2.49. The summed E-state index contributed by atoms with van der Waals surface area (Å²) in [6.07, 6.45) is -21.1. The Morgan fingerprint density at radius 2 is 0.905 bits per heavy atom. The molecule has 1 N–H and O–H groups in total. The van der Waals surface area contributed by atoms with Crippen LogP contribution in [0, 0.1) is 0 Å². The van der Waals surface area contributed by atoms with E-state index >= 15 is 0 Å². The molecule has 0 aromatic heterocycles. The van der Waals surface area contributed by atoms with E-state index in [-0.39, 0.29) is 31.5 Å². The minimum absolute atomic E-state index is 0.0240. The van der Waals surface area contributed by atoms with Crippen LogP contribution < -0.4 is 5.32 Å². The van der Waals surface area contributed by atoms with Gasteiger partial charge in [-0.2, -0.15) is 52.7 Å². The lowest BCUT2D eigenvalue weighted by molar-refractivity contribution is -0.144. The topological polar surface area (TPSA) is 21.3 Å². The van der Waals surface area contributed by atoms with Crippen molar-refractivity contribution >= 4 is 8.32 Å². The summed E-state index contributed by atoms with van der Waals surface area (Å²) in [5.74, 6) is 0. The Balaban J connectivity index is 2.62. The van der Waals surface area contributed by atoms with Crippen molar-refractivity contribution in [2.24, 2.45) is 0 Å². The molecule has 3 rings (SSSR count). The fourth-order valence-corrected chi connectivity index (χ4v) is 6.17. The van der Waals surface area contributed by atoms with Gasteiger partial charge in [0, 0.05) is 6.04 Å². The van der Waals surface area contributed by atoms with Crippen LogP contribution in [0.4, 0.5) is 52.7 Å². The zero-order valence-corrected chi connectivity index (χ0v) is 24.1. The first-order valence-electron chi connectivity index (χ1n) is 12.7. The van der Waals surface area contributed by atoms with Crippen molar-refractivity contribution in [1.29, 1.82) is 0 Å². The second kappa shape index (κ2) is 10.7. The fraction of sp³-hybridized carbons (Fsp3) is 0.556. The molecule has 2 aromatic rings. The fourth-order valence-electron chi connectivity index (χ4n) is 4.68. The summed E-state index contributed by atoms with van der Waals surface area (Å²) in [7, 11) is -3.39. The van der Waals surface area contributed by atoms with Gasteiger partial charge in [0.25, 0.3) is 0 Å². The molecule has 1 atom stereocenters. The van der Waals surface area contributed by atoms with E-state index in [0.29, 0.717) is 24.3 Å². The lowest BCUT2D eigenvalue weighted by Crippen LogP contribution is -2.56. The molecule has 0 aliphatic carbocycles. The van der Waals surface area contributed by atoms with Crippen molar-refractivity contribution in [3.05, 3.63) is 69.8 Å². The molecular weight excluding hydrogens is 610 g/mol. The van der Waals surface area contributed by atoms with Gasteiger partial charge in [0.2, 0.25) is 0 Å². The molecular formula is C27H29F12NOSi. The molecule has 42 heavy (non-hydrogen) atoms. The summed E-state index contributed by atoms with van der Waals surface area (Å²) in [6, 6.07) is -0.329. The maximum Gasteiger partial charge on any atom is 0.416 e. The minimum Gasteiger partial charge on any atom is -0.402 e. The van der Waals surface area contributed by atoms with Crippen LogP contribution in [0.1, 0.15) is 67.0 Å². The number of alkyl halides is 12. The van der Waals surface area contributed by atoms with Gasteiger partial charge in [-0.05, 0) is 85.0 Å². The molecule has 1 fully saturated rings. The van der Waals surface area contributed by atoms with Crippen LogP contribution in [0.2, 0.25) is 18.1 Å². The van der Waals surface area contributed by atoms with Crippen LogP contribution in [0.15, 0.2) is 36.4 Å². The van der Waals surface area contributed by atoms with Crippen molar-refractivity contribution in [3.63, 3.8) is 0 Å². The van der Waals surface area contributed by atoms with Crippen molar-refractivity contribution < 1.29 is 57.1 Å². The van der Waals surface area contributed by atoms with E-state index in [1.165, 1.54) is 0 Å². The summed E-state index contributed by atoms with van der Waals surface area (Å²) in [5, 5.41) is 2.05. The zero-order valence-electron chi connectivity index (χ0n) is 23.1. The molecule has 1 aliphatic heterocycles. The molecule has 15 heteroatoms. The number of hydrogen-bond donors (Lipinski definition) is 1. The Bertz CT molecular complexity index is 1140. The highest BCUT2D eigenvalue weighted by Crippen LogP contribution is 2.51. The quantitative estimate of drug-likeness (QED) is 0.260. The van der Waals surface area contributed by atoms with E-state index in [4.69, 9.17) is 4.43 Å². The van der Waals surface area contributed by atoms with E-state index in [2.05, 4.69) is 5.32 Å². The van der Waals surface area contributed by atoms with Gasteiger partial charge in [0.1, 0.15) is 5.60 Å². The van der Waals surface area contributed by atoms with Gasteiger partial charge in [-0.25, -0.2) is 0 Å². The summed E-state index contributed by atoms with van der Waals surface area (Å²) in [4.78, 5) is 0. The zero-order chi connectivity index (χ0) is 32.3. The first kappa shape index (κ1) is 34.2. The molecule has 1 aliphatic rings. The minimum atomic E-state index is -5.34. The van der Waals surface area contributed by atoms with Crippen molar-refractivity contribution in [1.82, 2.24) is 5.32 Å². The first-order chi connectivity index (χ1) is 18.7. The average molecular weight is 640 g/mol. The molecule has 0 unspecified atom stereocenters. The van der Waals surface area contributed by atoms with Gasteiger partial charge in [0.05, 0.1) is 22.3 Å². The van der Waals surface area contributed by atoms with Gasteiger partial charge in [0.15, 0.2) is 8.32 Å². The summed E-state index contributed by atoms with van der Waals surface area (Å²) < 4.78 is 174. The predicted octanol–water partition coefficient (Wildman–Crippen LogP) is 9.78. The van der Waals surface area contributed by atoms with Crippen LogP contribution >= 0.6 is 0 Å². The normalized spacial score (nSPS) is 18.1. The molecule has 1 saturated heterocycles. The third-order valence-corrected chi connectivity index (χ3v) is 12.3. The first-order valence-corrected chi connectivity index (χ1v) is 15.6. The Labute approximate surface area is 235 Å². The molecule has 236 valence electrons. The number of hydrogen-bond acceptors (Lipinski definition) is 2. The lowest BCUT2D eigenvalue weighted by atomic mass is 9.77. The van der Waals surface area contributed by atoms with Crippen LogP contribution in [0.5, 0.6) is 0 Å². The molecule has 1 heterocycles. The second-order valence-electron chi connectivity index (χ2n) is 11.8. The van der Waals surface area contributed by atoms with E-state index in [0.717, 1.165) is 0 Å². The van der Waals surface area contributed by atoms with Crippen molar-refractivity contribution in [3.8, 4) is 0 Å². The maximum absolute atomic E-state index is 14.0. The third kappa shape index (κ3) is 6.93. The number of halogens is 12. The highest BCUT2D eigenvalue weighted by molar-refractivity contribution is 6.74.